The number of carbonyl (C=O) groups excluding carboxylic acids is 1. The number of carboxylic acids is 1. The Morgan fingerprint density at radius 3 is 1.41 bits per heavy atom. The monoisotopic (exact) mass is 483 g/mol. The summed E-state index contributed by atoms with van der Waals surface area (Å²) in [5.74, 6) is -1.38. The van der Waals surface area contributed by atoms with E-state index in [-0.39, 0.29) is 6.42 Å². The third-order valence-corrected chi connectivity index (χ3v) is 6.60. The Balaban J connectivity index is 3.55. The first-order valence-corrected chi connectivity index (χ1v) is 14.7. The third kappa shape index (κ3) is 24.0. The average Bonchev–Trinajstić information content (AvgIpc) is 2.82. The van der Waals surface area contributed by atoms with Crippen molar-refractivity contribution in [1.82, 2.24) is 5.32 Å². The summed E-state index contributed by atoms with van der Waals surface area (Å²) in [6.45, 7) is 5.52. The molecule has 0 rings (SSSR count). The minimum absolute atomic E-state index is 0.0925. The van der Waals surface area contributed by atoms with Crippen LogP contribution in [0.3, 0.4) is 0 Å². The highest BCUT2D eigenvalue weighted by atomic mass is 16.5. The molecule has 0 aliphatic rings. The number of hydrogen-bond acceptors (Lipinski definition) is 4. The molecule has 0 heterocycles. The molecule has 202 valence electrons. The van der Waals surface area contributed by atoms with Crippen LogP contribution in [0.15, 0.2) is 0 Å². The molecule has 0 bridgehead atoms. The van der Waals surface area contributed by atoms with Crippen molar-refractivity contribution >= 4 is 11.9 Å². The number of hydrogen-bond donors (Lipinski definition) is 2. The van der Waals surface area contributed by atoms with Crippen molar-refractivity contribution < 1.29 is 19.4 Å². The second-order valence-corrected chi connectivity index (χ2v) is 9.99. The van der Waals surface area contributed by atoms with E-state index in [9.17, 15) is 14.7 Å². The highest BCUT2D eigenvalue weighted by Gasteiger charge is 2.21. The number of carbonyl (C=O) groups is 2. The van der Waals surface area contributed by atoms with Crippen molar-refractivity contribution in [2.24, 2.45) is 0 Å². The lowest BCUT2D eigenvalue weighted by molar-refractivity contribution is -0.149. The molecule has 34 heavy (non-hydrogen) atoms. The Kier molecular flexibility index (Phi) is 25.6. The predicted molar refractivity (Wildman–Crippen MR) is 143 cm³/mol. The van der Waals surface area contributed by atoms with Gasteiger partial charge in [-0.2, -0.15) is 0 Å². The largest absolute Gasteiger partial charge is 0.480 e. The van der Waals surface area contributed by atoms with Gasteiger partial charge in [0.1, 0.15) is 6.04 Å². The smallest absolute Gasteiger partial charge is 0.321 e. The normalized spacial score (nSPS) is 12.1. The highest BCUT2D eigenvalue weighted by Crippen LogP contribution is 2.13. The molecule has 1 atom stereocenters. The van der Waals surface area contributed by atoms with Gasteiger partial charge in [-0.3, -0.25) is 9.59 Å². The zero-order valence-corrected chi connectivity index (χ0v) is 22.7. The van der Waals surface area contributed by atoms with Crippen LogP contribution in [0, 0.1) is 0 Å². The number of rotatable bonds is 27. The number of aliphatic carboxylic acids is 1. The van der Waals surface area contributed by atoms with Gasteiger partial charge in [0.2, 0.25) is 0 Å². The van der Waals surface area contributed by atoms with Gasteiger partial charge in [-0.05, 0) is 19.4 Å². The van der Waals surface area contributed by atoms with Crippen LogP contribution in [0.2, 0.25) is 0 Å². The molecule has 0 aromatic heterocycles. The van der Waals surface area contributed by atoms with Crippen molar-refractivity contribution in [3.63, 3.8) is 0 Å². The van der Waals surface area contributed by atoms with E-state index in [0.717, 1.165) is 25.7 Å². The van der Waals surface area contributed by atoms with Crippen LogP contribution in [-0.4, -0.2) is 36.2 Å². The van der Waals surface area contributed by atoms with Crippen LogP contribution in [0.1, 0.15) is 155 Å². The topological polar surface area (TPSA) is 75.6 Å². The Labute approximate surface area is 211 Å². The average molecular weight is 484 g/mol. The SMILES string of the molecule is CCCCCCCCCCCCCCCOC(=O)CC(NCCCCCCCCCC)C(=O)O. The molecule has 0 aliphatic carbocycles. The Morgan fingerprint density at radius 2 is 1.00 bits per heavy atom. The molecule has 0 fully saturated rings. The van der Waals surface area contributed by atoms with E-state index in [2.05, 4.69) is 19.2 Å². The summed E-state index contributed by atoms with van der Waals surface area (Å²) in [5, 5.41) is 12.4. The fraction of sp³-hybridized carbons (Fsp3) is 0.931. The van der Waals surface area contributed by atoms with Crippen molar-refractivity contribution in [3.8, 4) is 0 Å². The van der Waals surface area contributed by atoms with E-state index >= 15 is 0 Å². The van der Waals surface area contributed by atoms with Gasteiger partial charge in [0, 0.05) is 0 Å². The van der Waals surface area contributed by atoms with E-state index in [1.807, 2.05) is 0 Å². The van der Waals surface area contributed by atoms with Crippen LogP contribution in [-0.2, 0) is 14.3 Å². The Morgan fingerprint density at radius 1 is 0.618 bits per heavy atom. The minimum Gasteiger partial charge on any atom is -0.480 e. The molecule has 0 aromatic carbocycles. The van der Waals surface area contributed by atoms with Crippen LogP contribution in [0.5, 0.6) is 0 Å². The number of nitrogens with one attached hydrogen (secondary N) is 1. The lowest BCUT2D eigenvalue weighted by Crippen LogP contribution is -2.39. The van der Waals surface area contributed by atoms with Gasteiger partial charge >= 0.3 is 11.9 Å². The standard InChI is InChI=1S/C29H57NO4/c1-3-5-7-9-11-13-14-15-16-17-19-21-23-25-34-28(31)26-27(29(32)33)30-24-22-20-18-12-10-8-6-4-2/h27,30H,3-26H2,1-2H3,(H,32,33). The quantitative estimate of drug-likeness (QED) is 0.0909. The molecule has 0 amide bonds. The van der Waals surface area contributed by atoms with Gasteiger partial charge in [-0.1, -0.05) is 136 Å². The zero-order chi connectivity index (χ0) is 25.1. The second kappa shape index (κ2) is 26.5. The van der Waals surface area contributed by atoms with Crippen molar-refractivity contribution in [2.75, 3.05) is 13.2 Å². The molecule has 0 aliphatic heterocycles. The molecular formula is C29H57NO4. The highest BCUT2D eigenvalue weighted by molar-refractivity contribution is 5.81. The van der Waals surface area contributed by atoms with E-state index in [1.165, 1.54) is 109 Å². The predicted octanol–water partition coefficient (Wildman–Crippen LogP) is 8.19. The fourth-order valence-corrected chi connectivity index (χ4v) is 4.31. The molecule has 0 spiro atoms. The lowest BCUT2D eigenvalue weighted by Gasteiger charge is -2.14. The Bertz CT molecular complexity index is 455. The summed E-state index contributed by atoms with van der Waals surface area (Å²) in [7, 11) is 0. The maximum absolute atomic E-state index is 12.0. The summed E-state index contributed by atoms with van der Waals surface area (Å²) in [4.78, 5) is 23.4. The summed E-state index contributed by atoms with van der Waals surface area (Å²) >= 11 is 0. The van der Waals surface area contributed by atoms with Gasteiger partial charge in [0.25, 0.3) is 0 Å². The summed E-state index contributed by atoms with van der Waals surface area (Å²) < 4.78 is 5.27. The van der Waals surface area contributed by atoms with Crippen LogP contribution >= 0.6 is 0 Å². The van der Waals surface area contributed by atoms with Gasteiger partial charge < -0.3 is 15.2 Å². The second-order valence-electron chi connectivity index (χ2n) is 9.99. The lowest BCUT2D eigenvalue weighted by atomic mass is 10.0. The van der Waals surface area contributed by atoms with Crippen LogP contribution < -0.4 is 5.32 Å². The van der Waals surface area contributed by atoms with E-state index in [1.54, 1.807) is 0 Å². The minimum atomic E-state index is -0.975. The van der Waals surface area contributed by atoms with Gasteiger partial charge in [-0.25, -0.2) is 0 Å². The number of carboxylic acid groups (broad SMARTS) is 1. The van der Waals surface area contributed by atoms with E-state index in [4.69, 9.17) is 4.74 Å². The van der Waals surface area contributed by atoms with Crippen LogP contribution in [0.4, 0.5) is 0 Å². The first-order chi connectivity index (χ1) is 16.6. The van der Waals surface area contributed by atoms with Crippen molar-refractivity contribution in [1.29, 1.82) is 0 Å². The van der Waals surface area contributed by atoms with Gasteiger partial charge in [-0.15, -0.1) is 0 Å². The number of unbranched alkanes of at least 4 members (excludes halogenated alkanes) is 19. The first kappa shape index (κ1) is 32.9. The molecule has 0 radical (unpaired) electrons. The van der Waals surface area contributed by atoms with E-state index in [0.29, 0.717) is 13.2 Å². The molecule has 2 N–H and O–H groups in total. The van der Waals surface area contributed by atoms with Crippen molar-refractivity contribution in [3.05, 3.63) is 0 Å². The molecule has 0 saturated carbocycles. The summed E-state index contributed by atoms with van der Waals surface area (Å²) in [5.41, 5.74) is 0. The van der Waals surface area contributed by atoms with Crippen LogP contribution in [0.25, 0.3) is 0 Å². The third-order valence-electron chi connectivity index (χ3n) is 6.60. The van der Waals surface area contributed by atoms with Gasteiger partial charge in [0.15, 0.2) is 0 Å². The molecule has 0 saturated heterocycles. The van der Waals surface area contributed by atoms with Crippen molar-refractivity contribution in [2.45, 2.75) is 161 Å². The number of ether oxygens (including phenoxy) is 1. The maximum atomic E-state index is 12.0. The zero-order valence-electron chi connectivity index (χ0n) is 22.7. The molecule has 1 unspecified atom stereocenters. The molecule has 0 aromatic rings. The Hall–Kier alpha value is -1.10. The number of esters is 1. The molecule has 5 heteroatoms. The first-order valence-electron chi connectivity index (χ1n) is 14.7. The maximum Gasteiger partial charge on any atom is 0.321 e. The van der Waals surface area contributed by atoms with Gasteiger partial charge in [0.05, 0.1) is 13.0 Å². The molecule has 5 nitrogen and oxygen atoms in total. The summed E-state index contributed by atoms with van der Waals surface area (Å²) in [6, 6.07) is -0.844. The molecular weight excluding hydrogens is 426 g/mol. The summed E-state index contributed by atoms with van der Waals surface area (Å²) in [6.07, 6.45) is 26.3. The van der Waals surface area contributed by atoms with E-state index < -0.39 is 18.0 Å². The fourth-order valence-electron chi connectivity index (χ4n) is 4.31.